The second-order valence-electron chi connectivity index (χ2n) is 5.88. The number of carbonyl (C=O) groups excluding carboxylic acids is 2. The largest absolute Gasteiger partial charge is 0.325 e. The van der Waals surface area contributed by atoms with Crippen LogP contribution in [0.15, 0.2) is 53.0 Å². The molecule has 0 spiro atoms. The SMILES string of the molecule is Cc1ccccc1CN1C(=O)NC(C)(c2cccc(Br)c2)C1=O. The van der Waals surface area contributed by atoms with Gasteiger partial charge in [0.25, 0.3) is 5.91 Å². The molecule has 1 fully saturated rings. The van der Waals surface area contributed by atoms with Gasteiger partial charge in [-0.05, 0) is 42.7 Å². The van der Waals surface area contributed by atoms with E-state index in [1.165, 1.54) is 4.90 Å². The summed E-state index contributed by atoms with van der Waals surface area (Å²) < 4.78 is 0.871. The number of amides is 3. The molecular weight excluding hydrogens is 356 g/mol. The number of urea groups is 1. The van der Waals surface area contributed by atoms with Crippen LogP contribution >= 0.6 is 15.9 Å². The van der Waals surface area contributed by atoms with Gasteiger partial charge in [-0.3, -0.25) is 9.69 Å². The van der Waals surface area contributed by atoms with Crippen LogP contribution in [0.3, 0.4) is 0 Å². The van der Waals surface area contributed by atoms with Gasteiger partial charge in [0.05, 0.1) is 6.54 Å². The number of hydrogen-bond donors (Lipinski definition) is 1. The zero-order valence-corrected chi connectivity index (χ0v) is 14.6. The number of nitrogens with zero attached hydrogens (tertiary/aromatic N) is 1. The second-order valence-corrected chi connectivity index (χ2v) is 6.80. The highest BCUT2D eigenvalue weighted by Gasteiger charge is 2.48. The van der Waals surface area contributed by atoms with E-state index in [9.17, 15) is 9.59 Å². The van der Waals surface area contributed by atoms with Gasteiger partial charge < -0.3 is 5.32 Å². The van der Waals surface area contributed by atoms with E-state index in [1.54, 1.807) is 6.92 Å². The Kier molecular flexibility index (Phi) is 3.98. The van der Waals surface area contributed by atoms with Crippen molar-refractivity contribution in [2.45, 2.75) is 25.9 Å². The van der Waals surface area contributed by atoms with Crippen molar-refractivity contribution in [2.24, 2.45) is 0 Å². The molecule has 1 aliphatic heterocycles. The Bertz CT molecular complexity index is 790. The van der Waals surface area contributed by atoms with E-state index in [0.29, 0.717) is 0 Å². The van der Waals surface area contributed by atoms with Gasteiger partial charge >= 0.3 is 6.03 Å². The second kappa shape index (κ2) is 5.81. The lowest BCUT2D eigenvalue weighted by Crippen LogP contribution is -2.40. The minimum Gasteiger partial charge on any atom is -0.319 e. The van der Waals surface area contributed by atoms with Gasteiger partial charge in [-0.2, -0.15) is 0 Å². The molecule has 0 radical (unpaired) electrons. The monoisotopic (exact) mass is 372 g/mol. The van der Waals surface area contributed by atoms with Gasteiger partial charge in [0, 0.05) is 4.47 Å². The average molecular weight is 373 g/mol. The van der Waals surface area contributed by atoms with Crippen LogP contribution in [0.25, 0.3) is 0 Å². The van der Waals surface area contributed by atoms with Gasteiger partial charge in [0.2, 0.25) is 0 Å². The van der Waals surface area contributed by atoms with Gasteiger partial charge in [0.1, 0.15) is 5.54 Å². The highest BCUT2D eigenvalue weighted by Crippen LogP contribution is 2.31. The molecule has 2 aromatic rings. The smallest absolute Gasteiger partial charge is 0.319 e. The lowest BCUT2D eigenvalue weighted by atomic mass is 9.92. The first-order chi connectivity index (χ1) is 10.9. The summed E-state index contributed by atoms with van der Waals surface area (Å²) in [6.45, 7) is 4.00. The summed E-state index contributed by atoms with van der Waals surface area (Å²) in [5.41, 5.74) is 1.75. The molecule has 118 valence electrons. The van der Waals surface area contributed by atoms with Crippen molar-refractivity contribution < 1.29 is 9.59 Å². The van der Waals surface area contributed by atoms with Gasteiger partial charge in [-0.1, -0.05) is 52.3 Å². The molecule has 0 aliphatic carbocycles. The zero-order chi connectivity index (χ0) is 16.6. The number of carbonyl (C=O) groups is 2. The molecular formula is C18H17BrN2O2. The predicted molar refractivity (Wildman–Crippen MR) is 91.8 cm³/mol. The maximum absolute atomic E-state index is 12.9. The molecule has 1 unspecified atom stereocenters. The minimum atomic E-state index is -1.04. The quantitative estimate of drug-likeness (QED) is 0.834. The molecule has 1 atom stereocenters. The fourth-order valence-corrected chi connectivity index (χ4v) is 3.19. The van der Waals surface area contributed by atoms with E-state index in [2.05, 4.69) is 21.2 Å². The first-order valence-electron chi connectivity index (χ1n) is 7.36. The molecule has 23 heavy (non-hydrogen) atoms. The highest BCUT2D eigenvalue weighted by atomic mass is 79.9. The Labute approximate surface area is 143 Å². The van der Waals surface area contributed by atoms with E-state index in [-0.39, 0.29) is 18.5 Å². The molecule has 5 heteroatoms. The Balaban J connectivity index is 1.92. The van der Waals surface area contributed by atoms with Crippen LogP contribution < -0.4 is 5.32 Å². The van der Waals surface area contributed by atoms with Crippen molar-refractivity contribution in [3.8, 4) is 0 Å². The summed E-state index contributed by atoms with van der Waals surface area (Å²) >= 11 is 3.41. The fourth-order valence-electron chi connectivity index (χ4n) is 2.79. The molecule has 3 rings (SSSR count). The number of hydrogen-bond acceptors (Lipinski definition) is 2. The number of benzene rings is 2. The standard InChI is InChI=1S/C18H17BrN2O2/c1-12-6-3-4-7-13(12)11-21-16(22)18(2,20-17(21)23)14-8-5-9-15(19)10-14/h3-10H,11H2,1-2H3,(H,20,23). The van der Waals surface area contributed by atoms with Crippen molar-refractivity contribution in [3.63, 3.8) is 0 Å². The lowest BCUT2D eigenvalue weighted by Gasteiger charge is -2.22. The molecule has 1 N–H and O–H groups in total. The van der Waals surface area contributed by atoms with Crippen LogP contribution in [0.4, 0.5) is 4.79 Å². The lowest BCUT2D eigenvalue weighted by molar-refractivity contribution is -0.131. The van der Waals surface area contributed by atoms with Crippen LogP contribution in [0.5, 0.6) is 0 Å². The molecule has 1 aliphatic rings. The molecule has 2 aromatic carbocycles. The van der Waals surface area contributed by atoms with Crippen LogP contribution in [0.2, 0.25) is 0 Å². The van der Waals surface area contributed by atoms with E-state index < -0.39 is 5.54 Å². The van der Waals surface area contributed by atoms with Crippen LogP contribution in [-0.2, 0) is 16.9 Å². The first-order valence-corrected chi connectivity index (χ1v) is 8.16. The Hall–Kier alpha value is -2.14. The number of nitrogens with one attached hydrogen (secondary N) is 1. The summed E-state index contributed by atoms with van der Waals surface area (Å²) in [4.78, 5) is 26.5. The Morgan fingerprint density at radius 3 is 2.57 bits per heavy atom. The maximum atomic E-state index is 12.9. The third kappa shape index (κ3) is 2.77. The Morgan fingerprint density at radius 1 is 1.13 bits per heavy atom. The summed E-state index contributed by atoms with van der Waals surface area (Å²) in [7, 11) is 0. The summed E-state index contributed by atoms with van der Waals surface area (Å²) in [5.74, 6) is -0.233. The van der Waals surface area contributed by atoms with E-state index >= 15 is 0 Å². The number of imide groups is 1. The van der Waals surface area contributed by atoms with E-state index in [4.69, 9.17) is 0 Å². The van der Waals surface area contributed by atoms with Crippen molar-refractivity contribution in [1.29, 1.82) is 0 Å². The summed E-state index contributed by atoms with van der Waals surface area (Å²) in [5, 5.41) is 2.83. The maximum Gasteiger partial charge on any atom is 0.325 e. The van der Waals surface area contributed by atoms with E-state index in [1.807, 2.05) is 55.5 Å². The van der Waals surface area contributed by atoms with Crippen LogP contribution in [-0.4, -0.2) is 16.8 Å². The molecule has 4 nitrogen and oxygen atoms in total. The highest BCUT2D eigenvalue weighted by molar-refractivity contribution is 9.10. The molecule has 0 aromatic heterocycles. The Morgan fingerprint density at radius 2 is 1.87 bits per heavy atom. The number of aryl methyl sites for hydroxylation is 1. The molecule has 0 saturated carbocycles. The third-order valence-electron chi connectivity index (χ3n) is 4.27. The van der Waals surface area contributed by atoms with Crippen molar-refractivity contribution >= 4 is 27.9 Å². The first kappa shape index (κ1) is 15.7. The van der Waals surface area contributed by atoms with Crippen LogP contribution in [0, 0.1) is 6.92 Å². The fraction of sp³-hybridized carbons (Fsp3) is 0.222. The van der Waals surface area contributed by atoms with Gasteiger partial charge in [0.15, 0.2) is 0 Å². The molecule has 1 saturated heterocycles. The van der Waals surface area contributed by atoms with Gasteiger partial charge in [-0.15, -0.1) is 0 Å². The zero-order valence-electron chi connectivity index (χ0n) is 13.0. The van der Waals surface area contributed by atoms with Crippen molar-refractivity contribution in [1.82, 2.24) is 10.2 Å². The van der Waals surface area contributed by atoms with E-state index in [0.717, 1.165) is 21.2 Å². The molecule has 1 heterocycles. The molecule has 3 amide bonds. The predicted octanol–water partition coefficient (Wildman–Crippen LogP) is 3.72. The third-order valence-corrected chi connectivity index (χ3v) is 4.76. The number of rotatable bonds is 3. The van der Waals surface area contributed by atoms with Crippen molar-refractivity contribution in [3.05, 3.63) is 69.7 Å². The topological polar surface area (TPSA) is 49.4 Å². The van der Waals surface area contributed by atoms with Gasteiger partial charge in [-0.25, -0.2) is 4.79 Å². The normalized spacial score (nSPS) is 20.7. The summed E-state index contributed by atoms with van der Waals surface area (Å²) in [6, 6.07) is 14.8. The average Bonchev–Trinajstić information content (AvgIpc) is 2.74. The molecule has 0 bridgehead atoms. The summed E-state index contributed by atoms with van der Waals surface area (Å²) in [6.07, 6.45) is 0. The minimum absolute atomic E-state index is 0.233. The van der Waals surface area contributed by atoms with Crippen LogP contribution in [0.1, 0.15) is 23.6 Å². The number of halogens is 1. The van der Waals surface area contributed by atoms with Crippen molar-refractivity contribution in [2.75, 3.05) is 0 Å².